The molecule has 1 aromatic rings. The average molecular weight is 344 g/mol. The number of benzene rings is 1. The van der Waals surface area contributed by atoms with Crippen LogP contribution in [0.4, 0.5) is 0 Å². The van der Waals surface area contributed by atoms with E-state index in [9.17, 15) is 4.79 Å². The molecule has 3 nitrogen and oxygen atoms in total. The maximum absolute atomic E-state index is 11.8. The van der Waals surface area contributed by atoms with Gasteiger partial charge in [-0.15, -0.1) is 11.8 Å². The van der Waals surface area contributed by atoms with Gasteiger partial charge in [0, 0.05) is 22.5 Å². The third-order valence-corrected chi connectivity index (χ3v) is 4.72. The van der Waals surface area contributed by atoms with Gasteiger partial charge in [-0.2, -0.15) is 0 Å². The third-order valence-electron chi connectivity index (χ3n) is 3.05. The summed E-state index contributed by atoms with van der Waals surface area (Å²) in [5.74, 6) is 0.526. The van der Waals surface area contributed by atoms with Gasteiger partial charge in [0.2, 0.25) is 5.91 Å². The second-order valence-electron chi connectivity index (χ2n) is 4.64. The van der Waals surface area contributed by atoms with Crippen LogP contribution < -0.4 is 5.32 Å². The summed E-state index contributed by atoms with van der Waals surface area (Å²) in [6, 6.07) is 6.10. The summed E-state index contributed by atoms with van der Waals surface area (Å²) in [5.41, 5.74) is 1.19. The van der Waals surface area contributed by atoms with Crippen molar-refractivity contribution >= 4 is 33.6 Å². The van der Waals surface area contributed by atoms with Gasteiger partial charge >= 0.3 is 0 Å². The highest BCUT2D eigenvalue weighted by atomic mass is 79.9. The number of ether oxygens (including phenoxy) is 1. The first-order valence-electron chi connectivity index (χ1n) is 6.42. The molecule has 0 aliphatic carbocycles. The lowest BCUT2D eigenvalue weighted by atomic mass is 10.2. The normalized spacial score (nSPS) is 18.5. The van der Waals surface area contributed by atoms with Crippen LogP contribution in [0.5, 0.6) is 0 Å². The molecule has 1 heterocycles. The summed E-state index contributed by atoms with van der Waals surface area (Å²) in [4.78, 5) is 12.9. The van der Waals surface area contributed by atoms with Crippen molar-refractivity contribution in [1.29, 1.82) is 0 Å². The lowest BCUT2D eigenvalue weighted by Gasteiger charge is -2.11. The van der Waals surface area contributed by atoms with Gasteiger partial charge in [-0.05, 0) is 43.5 Å². The van der Waals surface area contributed by atoms with E-state index in [2.05, 4.69) is 34.2 Å². The predicted octanol–water partition coefficient (Wildman–Crippen LogP) is 3.14. The van der Waals surface area contributed by atoms with Crippen LogP contribution in [0.25, 0.3) is 0 Å². The molecule has 1 aromatic carbocycles. The number of carbonyl (C=O) groups is 1. The molecule has 0 aromatic heterocycles. The number of rotatable bonds is 5. The number of nitrogens with one attached hydrogen (secondary N) is 1. The fraction of sp³-hybridized carbons (Fsp3) is 0.500. The molecule has 2 rings (SSSR count). The maximum Gasteiger partial charge on any atom is 0.230 e. The number of thioether (sulfide) groups is 1. The number of hydrogen-bond donors (Lipinski definition) is 1. The summed E-state index contributed by atoms with van der Waals surface area (Å²) in [5, 5.41) is 2.93. The molecular formula is C14H18BrNO2S. The van der Waals surface area contributed by atoms with Crippen LogP contribution in [0.1, 0.15) is 18.4 Å². The Hall–Kier alpha value is -0.520. The molecule has 0 bridgehead atoms. The molecule has 0 radical (unpaired) electrons. The minimum atomic E-state index is 0.0721. The van der Waals surface area contributed by atoms with Gasteiger partial charge in [-0.1, -0.05) is 15.9 Å². The van der Waals surface area contributed by atoms with Crippen LogP contribution >= 0.6 is 27.7 Å². The third kappa shape index (κ3) is 4.82. The highest BCUT2D eigenvalue weighted by Crippen LogP contribution is 2.25. The van der Waals surface area contributed by atoms with E-state index in [1.54, 1.807) is 11.8 Å². The van der Waals surface area contributed by atoms with Crippen molar-refractivity contribution in [1.82, 2.24) is 5.32 Å². The summed E-state index contributed by atoms with van der Waals surface area (Å²) >= 11 is 5.01. The largest absolute Gasteiger partial charge is 0.376 e. The highest BCUT2D eigenvalue weighted by Gasteiger charge is 2.16. The van der Waals surface area contributed by atoms with E-state index < -0.39 is 0 Å². The van der Waals surface area contributed by atoms with Gasteiger partial charge in [-0.3, -0.25) is 4.79 Å². The first-order chi connectivity index (χ1) is 9.15. The predicted molar refractivity (Wildman–Crippen MR) is 81.6 cm³/mol. The molecular weight excluding hydrogens is 326 g/mol. The Morgan fingerprint density at radius 3 is 3.11 bits per heavy atom. The molecule has 1 saturated heterocycles. The molecule has 1 aliphatic heterocycles. The Morgan fingerprint density at radius 1 is 1.58 bits per heavy atom. The quantitative estimate of drug-likeness (QED) is 0.834. The summed E-state index contributed by atoms with van der Waals surface area (Å²) < 4.78 is 6.54. The molecule has 1 aliphatic rings. The molecule has 1 N–H and O–H groups in total. The minimum Gasteiger partial charge on any atom is -0.376 e. The standard InChI is InChI=1S/C14H18BrNO2S/c1-10-7-11(15)4-5-13(10)19-9-14(17)16-8-12-3-2-6-18-12/h4-5,7,12H,2-3,6,8-9H2,1H3,(H,16,17)/t12-/m0/s1. The van der Waals surface area contributed by atoms with E-state index in [1.807, 2.05) is 12.1 Å². The fourth-order valence-corrected chi connectivity index (χ4v) is 3.32. The van der Waals surface area contributed by atoms with E-state index in [0.717, 1.165) is 28.8 Å². The second kappa shape index (κ2) is 7.31. The molecule has 0 unspecified atom stereocenters. The van der Waals surface area contributed by atoms with Crippen molar-refractivity contribution in [3.63, 3.8) is 0 Å². The monoisotopic (exact) mass is 343 g/mol. The number of halogens is 1. The van der Waals surface area contributed by atoms with Gasteiger partial charge < -0.3 is 10.1 Å². The van der Waals surface area contributed by atoms with Crippen molar-refractivity contribution in [3.05, 3.63) is 28.2 Å². The topological polar surface area (TPSA) is 38.3 Å². The zero-order valence-electron chi connectivity index (χ0n) is 10.9. The molecule has 1 fully saturated rings. The molecule has 1 amide bonds. The zero-order chi connectivity index (χ0) is 13.7. The Bertz CT molecular complexity index is 447. The molecule has 0 saturated carbocycles. The van der Waals surface area contributed by atoms with Crippen molar-refractivity contribution in [2.75, 3.05) is 18.9 Å². The summed E-state index contributed by atoms with van der Waals surface area (Å²) in [6.07, 6.45) is 2.37. The van der Waals surface area contributed by atoms with E-state index >= 15 is 0 Å². The van der Waals surface area contributed by atoms with E-state index in [4.69, 9.17) is 4.74 Å². The van der Waals surface area contributed by atoms with Crippen LogP contribution in [-0.4, -0.2) is 30.9 Å². The Kier molecular flexibility index (Phi) is 5.73. The SMILES string of the molecule is Cc1cc(Br)ccc1SCC(=O)NC[C@@H]1CCCO1. The van der Waals surface area contributed by atoms with E-state index in [1.165, 1.54) is 5.56 Å². The smallest absolute Gasteiger partial charge is 0.230 e. The van der Waals surface area contributed by atoms with Gasteiger partial charge in [0.25, 0.3) is 0 Å². The van der Waals surface area contributed by atoms with E-state index in [-0.39, 0.29) is 12.0 Å². The summed E-state index contributed by atoms with van der Waals surface area (Å²) in [7, 11) is 0. The van der Waals surface area contributed by atoms with Gasteiger partial charge in [0.05, 0.1) is 11.9 Å². The number of amides is 1. The van der Waals surface area contributed by atoms with Crippen LogP contribution in [0.2, 0.25) is 0 Å². The Labute approximate surface area is 126 Å². The van der Waals surface area contributed by atoms with Gasteiger partial charge in [-0.25, -0.2) is 0 Å². The van der Waals surface area contributed by atoms with Crippen LogP contribution in [0.15, 0.2) is 27.6 Å². The van der Waals surface area contributed by atoms with E-state index in [0.29, 0.717) is 12.3 Å². The van der Waals surface area contributed by atoms with Crippen LogP contribution in [0, 0.1) is 6.92 Å². The lowest BCUT2D eigenvalue weighted by Crippen LogP contribution is -2.32. The molecule has 5 heteroatoms. The number of aryl methyl sites for hydroxylation is 1. The Morgan fingerprint density at radius 2 is 2.42 bits per heavy atom. The molecule has 19 heavy (non-hydrogen) atoms. The van der Waals surface area contributed by atoms with Gasteiger partial charge in [0.15, 0.2) is 0 Å². The van der Waals surface area contributed by atoms with Crippen molar-refractivity contribution in [2.45, 2.75) is 30.8 Å². The number of hydrogen-bond acceptors (Lipinski definition) is 3. The first-order valence-corrected chi connectivity index (χ1v) is 8.20. The average Bonchev–Trinajstić information content (AvgIpc) is 2.88. The molecule has 1 atom stereocenters. The first kappa shape index (κ1) is 14.9. The summed E-state index contributed by atoms with van der Waals surface area (Å²) in [6.45, 7) is 3.52. The van der Waals surface area contributed by atoms with Crippen LogP contribution in [0.3, 0.4) is 0 Å². The van der Waals surface area contributed by atoms with Crippen LogP contribution in [-0.2, 0) is 9.53 Å². The Balaban J connectivity index is 1.73. The maximum atomic E-state index is 11.8. The minimum absolute atomic E-state index is 0.0721. The zero-order valence-corrected chi connectivity index (χ0v) is 13.4. The van der Waals surface area contributed by atoms with Crippen molar-refractivity contribution in [2.24, 2.45) is 0 Å². The van der Waals surface area contributed by atoms with Crippen molar-refractivity contribution < 1.29 is 9.53 Å². The van der Waals surface area contributed by atoms with Gasteiger partial charge in [0.1, 0.15) is 0 Å². The van der Waals surface area contributed by atoms with Crippen molar-refractivity contribution in [3.8, 4) is 0 Å². The molecule has 0 spiro atoms. The fourth-order valence-electron chi connectivity index (χ4n) is 2.00. The second-order valence-corrected chi connectivity index (χ2v) is 6.57. The highest BCUT2D eigenvalue weighted by molar-refractivity contribution is 9.10. The number of carbonyl (C=O) groups excluding carboxylic acids is 1. The lowest BCUT2D eigenvalue weighted by molar-refractivity contribution is -0.119. The molecule has 104 valence electrons.